The van der Waals surface area contributed by atoms with Crippen LogP contribution in [-0.2, 0) is 13.9 Å². The molecule has 0 saturated heterocycles. The Morgan fingerprint density at radius 1 is 0.933 bits per heavy atom. The highest BCUT2D eigenvalue weighted by atomic mass is 31.2. The van der Waals surface area contributed by atoms with Crippen molar-refractivity contribution >= 4 is 13.6 Å². The molecule has 12 heteroatoms. The van der Waals surface area contributed by atoms with Gasteiger partial charge in [0.15, 0.2) is 5.78 Å². The summed E-state index contributed by atoms with van der Waals surface area (Å²) >= 11 is 0. The van der Waals surface area contributed by atoms with Gasteiger partial charge in [0.1, 0.15) is 24.9 Å². The number of rotatable bonds is 7. The van der Waals surface area contributed by atoms with Crippen molar-refractivity contribution in [2.24, 2.45) is 0 Å². The number of Topliss-reactive ketones (excluding diaryl/α,β-unsaturated/α-hetero) is 1. The van der Waals surface area contributed by atoms with Gasteiger partial charge in [0.2, 0.25) is 0 Å². The summed E-state index contributed by atoms with van der Waals surface area (Å²) in [5.41, 5.74) is 8.00. The lowest BCUT2D eigenvalue weighted by atomic mass is 9.97. The van der Waals surface area contributed by atoms with Crippen molar-refractivity contribution < 1.29 is 55.6 Å². The third-order valence-electron chi connectivity index (χ3n) is 5.05. The van der Waals surface area contributed by atoms with Gasteiger partial charge in [-0.3, -0.25) is 4.79 Å². The molecule has 30 heavy (non-hydrogen) atoms. The lowest BCUT2D eigenvalue weighted by Crippen LogP contribution is -2.61. The van der Waals surface area contributed by atoms with E-state index < -0.39 is 45.1 Å². The summed E-state index contributed by atoms with van der Waals surface area (Å²) < 4.78 is 13.5. The number of ketones is 1. The number of carbonyl (C=O) groups excluding carboxylic acids is 1. The molecule has 2 rings (SSSR count). The van der Waals surface area contributed by atoms with Crippen LogP contribution in [0.25, 0.3) is 0 Å². The molecule has 2 fully saturated rings. The maximum Gasteiger partial charge on any atom is 0.189 e. The standard InChI is InChI=1S/2C6H13N.C6H13O9P/c2*7-6-4-2-1-3-5-6;7-1-3(8)5(10)6(11)4(9)2-15-16(12,13)14/h2*6H,1-5,7H2;3,5-8,10-11H,1-2H2,(H2,12,13,14)/t;;3-,5-,6-/m..1/s1. The molecular formula is C18H39N2O9P. The number of aliphatic hydroxyl groups is 4. The van der Waals surface area contributed by atoms with Crippen LogP contribution in [0, 0.1) is 0 Å². The molecule has 180 valence electrons. The largest absolute Gasteiger partial charge is 0.790 e. The van der Waals surface area contributed by atoms with Crippen LogP contribution in [0.1, 0.15) is 64.2 Å². The first-order valence-corrected chi connectivity index (χ1v) is 11.9. The zero-order chi connectivity index (χ0) is 23.2. The topological polar surface area (TPSA) is 226 Å². The maximum absolute atomic E-state index is 10.9. The van der Waals surface area contributed by atoms with Gasteiger partial charge in [-0.2, -0.15) is 0 Å². The molecule has 0 aliphatic heterocycles. The molecule has 10 N–H and O–H groups in total. The molecule has 0 aromatic heterocycles. The molecule has 0 aromatic carbocycles. The van der Waals surface area contributed by atoms with Gasteiger partial charge < -0.3 is 50.8 Å². The molecule has 0 unspecified atom stereocenters. The van der Waals surface area contributed by atoms with E-state index in [9.17, 15) is 19.1 Å². The summed E-state index contributed by atoms with van der Waals surface area (Å²) in [7, 11) is -5.35. The SMILES string of the molecule is O=C(COP(=O)([O-])[O-])[C@@H](O)[C@H](O)[C@H](O)CO.[NH3+]C1CCCCC1.[NH3+]C1CCCCC1. The fourth-order valence-electron chi connectivity index (χ4n) is 3.11. The van der Waals surface area contributed by atoms with Crippen LogP contribution in [-0.4, -0.2) is 69.8 Å². The van der Waals surface area contributed by atoms with Gasteiger partial charge >= 0.3 is 0 Å². The summed E-state index contributed by atoms with van der Waals surface area (Å²) in [4.78, 5) is 30.9. The molecule has 11 nitrogen and oxygen atoms in total. The third-order valence-corrected chi connectivity index (χ3v) is 5.49. The Morgan fingerprint density at radius 2 is 1.33 bits per heavy atom. The minimum atomic E-state index is -5.35. The number of hydrogen-bond acceptors (Lipinski definition) is 9. The van der Waals surface area contributed by atoms with E-state index in [0.717, 1.165) is 12.1 Å². The fourth-order valence-corrected chi connectivity index (χ4v) is 3.40. The normalized spacial score (nSPS) is 21.3. The molecule has 0 aromatic rings. The second-order valence-electron chi connectivity index (χ2n) is 7.88. The molecule has 0 spiro atoms. The van der Waals surface area contributed by atoms with E-state index in [2.05, 4.69) is 16.0 Å². The fraction of sp³-hybridized carbons (Fsp3) is 0.944. The number of quaternary nitrogens is 2. The zero-order valence-corrected chi connectivity index (χ0v) is 18.5. The van der Waals surface area contributed by atoms with Crippen LogP contribution in [0.15, 0.2) is 0 Å². The Hall–Kier alpha value is -0.460. The highest BCUT2D eigenvalue weighted by molar-refractivity contribution is 7.43. The Balaban J connectivity index is 0.000000487. The molecule has 0 heterocycles. The summed E-state index contributed by atoms with van der Waals surface area (Å²) in [6.07, 6.45) is 8.17. The predicted octanol–water partition coefficient (Wildman–Crippen LogP) is -3.40. The van der Waals surface area contributed by atoms with Crippen LogP contribution in [0.2, 0.25) is 0 Å². The van der Waals surface area contributed by atoms with Gasteiger partial charge in [-0.1, -0.05) is 12.8 Å². The number of hydrogen-bond donors (Lipinski definition) is 6. The van der Waals surface area contributed by atoms with Crippen molar-refractivity contribution in [1.82, 2.24) is 0 Å². The molecule has 0 amide bonds. The number of phosphoric acid groups is 1. The number of carbonyl (C=O) groups is 1. The lowest BCUT2D eigenvalue weighted by Gasteiger charge is -2.29. The van der Waals surface area contributed by atoms with E-state index in [1.165, 1.54) is 64.2 Å². The summed E-state index contributed by atoms with van der Waals surface area (Å²) in [5, 5.41) is 35.3. The van der Waals surface area contributed by atoms with Crippen LogP contribution < -0.4 is 21.3 Å². The van der Waals surface area contributed by atoms with Crippen molar-refractivity contribution in [3.63, 3.8) is 0 Å². The molecule has 0 radical (unpaired) electrons. The monoisotopic (exact) mass is 458 g/mol. The first-order chi connectivity index (χ1) is 14.0. The maximum atomic E-state index is 10.9. The Labute approximate surface area is 177 Å². The quantitative estimate of drug-likeness (QED) is 0.209. The molecular weight excluding hydrogens is 419 g/mol. The minimum absolute atomic E-state index is 0.786. The van der Waals surface area contributed by atoms with Gasteiger partial charge in [-0.25, -0.2) is 0 Å². The molecule has 0 bridgehead atoms. The Kier molecular flexibility index (Phi) is 16.0. The summed E-state index contributed by atoms with van der Waals surface area (Å²) in [6.45, 7) is -2.16. The third kappa shape index (κ3) is 15.4. The van der Waals surface area contributed by atoms with E-state index in [1.54, 1.807) is 0 Å². The van der Waals surface area contributed by atoms with Crippen LogP contribution in [0.3, 0.4) is 0 Å². The number of phosphoric ester groups is 1. The smallest absolute Gasteiger partial charge is 0.189 e. The molecule has 3 atom stereocenters. The van der Waals surface area contributed by atoms with Crippen molar-refractivity contribution in [3.8, 4) is 0 Å². The summed E-state index contributed by atoms with van der Waals surface area (Å²) in [5.74, 6) is -1.31. The molecule has 2 saturated carbocycles. The Bertz CT molecular complexity index is 478. The number of aliphatic hydroxyl groups excluding tert-OH is 4. The van der Waals surface area contributed by atoms with E-state index in [-0.39, 0.29) is 0 Å². The van der Waals surface area contributed by atoms with E-state index in [0.29, 0.717) is 0 Å². The average molecular weight is 458 g/mol. The van der Waals surface area contributed by atoms with Gasteiger partial charge in [-0.15, -0.1) is 0 Å². The van der Waals surface area contributed by atoms with Crippen LogP contribution in [0.5, 0.6) is 0 Å². The lowest BCUT2D eigenvalue weighted by molar-refractivity contribution is -0.425. The highest BCUT2D eigenvalue weighted by Crippen LogP contribution is 2.24. The van der Waals surface area contributed by atoms with Crippen LogP contribution in [0.4, 0.5) is 0 Å². The summed E-state index contributed by atoms with van der Waals surface area (Å²) in [6, 6.07) is 1.57. The average Bonchev–Trinajstić information content (AvgIpc) is 2.72. The highest BCUT2D eigenvalue weighted by Gasteiger charge is 2.29. The van der Waals surface area contributed by atoms with Crippen molar-refractivity contribution in [1.29, 1.82) is 0 Å². The predicted molar refractivity (Wildman–Crippen MR) is 103 cm³/mol. The first-order valence-electron chi connectivity index (χ1n) is 10.5. The minimum Gasteiger partial charge on any atom is -0.790 e. The van der Waals surface area contributed by atoms with Crippen molar-refractivity contribution in [2.75, 3.05) is 13.2 Å². The van der Waals surface area contributed by atoms with Crippen LogP contribution >= 0.6 is 7.82 Å². The second kappa shape index (κ2) is 16.2. The zero-order valence-electron chi connectivity index (χ0n) is 17.6. The molecule has 2 aliphatic rings. The van der Waals surface area contributed by atoms with Crippen molar-refractivity contribution in [3.05, 3.63) is 0 Å². The van der Waals surface area contributed by atoms with E-state index >= 15 is 0 Å². The molecule has 2 aliphatic carbocycles. The second-order valence-corrected chi connectivity index (χ2v) is 9.03. The van der Waals surface area contributed by atoms with Crippen molar-refractivity contribution in [2.45, 2.75) is 94.6 Å². The first kappa shape index (κ1) is 29.5. The van der Waals surface area contributed by atoms with Gasteiger partial charge in [0.05, 0.1) is 26.5 Å². The van der Waals surface area contributed by atoms with Gasteiger partial charge in [0.25, 0.3) is 0 Å². The van der Waals surface area contributed by atoms with Gasteiger partial charge in [-0.05, 0) is 51.4 Å². The van der Waals surface area contributed by atoms with E-state index in [4.69, 9.17) is 20.4 Å². The van der Waals surface area contributed by atoms with E-state index in [1.807, 2.05) is 0 Å². The Morgan fingerprint density at radius 3 is 1.60 bits per heavy atom. The van der Waals surface area contributed by atoms with Gasteiger partial charge in [0, 0.05) is 0 Å².